The number of amides is 1. The molecule has 0 aliphatic heterocycles. The number of hydrogen-bond donors (Lipinski definition) is 1. The highest BCUT2D eigenvalue weighted by Crippen LogP contribution is 2.20. The van der Waals surface area contributed by atoms with Gasteiger partial charge in [0, 0.05) is 12.1 Å². The first-order valence-corrected chi connectivity index (χ1v) is 8.97. The van der Waals surface area contributed by atoms with Crippen LogP contribution in [0.4, 0.5) is 0 Å². The van der Waals surface area contributed by atoms with Gasteiger partial charge in [-0.15, -0.1) is 10.2 Å². The van der Waals surface area contributed by atoms with Crippen LogP contribution in [-0.2, 0) is 4.79 Å². The Morgan fingerprint density at radius 2 is 2.00 bits per heavy atom. The fourth-order valence-electron chi connectivity index (χ4n) is 2.69. The SMILES string of the molecule is CC(C)n1cnnc1SCC(=O)NC1CCCCCCC1. The monoisotopic (exact) mass is 310 g/mol. The van der Waals surface area contributed by atoms with Gasteiger partial charge in [0.05, 0.1) is 5.75 Å². The van der Waals surface area contributed by atoms with Gasteiger partial charge in [0.2, 0.25) is 5.91 Å². The highest BCUT2D eigenvalue weighted by atomic mass is 32.2. The molecule has 1 aliphatic carbocycles. The Hall–Kier alpha value is -1.04. The summed E-state index contributed by atoms with van der Waals surface area (Å²) in [6.45, 7) is 4.17. The van der Waals surface area contributed by atoms with Gasteiger partial charge in [0.15, 0.2) is 5.16 Å². The molecule has 0 saturated heterocycles. The van der Waals surface area contributed by atoms with E-state index in [4.69, 9.17) is 0 Å². The molecule has 2 rings (SSSR count). The van der Waals surface area contributed by atoms with Crippen molar-refractivity contribution in [2.24, 2.45) is 0 Å². The van der Waals surface area contributed by atoms with E-state index in [1.807, 2.05) is 4.57 Å². The molecule has 6 heteroatoms. The molecule has 21 heavy (non-hydrogen) atoms. The summed E-state index contributed by atoms with van der Waals surface area (Å²) in [5.41, 5.74) is 0. The summed E-state index contributed by atoms with van der Waals surface area (Å²) in [6, 6.07) is 0.678. The normalized spacial score (nSPS) is 17.5. The first kappa shape index (κ1) is 16.3. The number of hydrogen-bond acceptors (Lipinski definition) is 4. The van der Waals surface area contributed by atoms with Crippen molar-refractivity contribution in [3.05, 3.63) is 6.33 Å². The number of rotatable bonds is 5. The minimum Gasteiger partial charge on any atom is -0.353 e. The minimum absolute atomic E-state index is 0.115. The van der Waals surface area contributed by atoms with E-state index in [0.29, 0.717) is 17.8 Å². The maximum absolute atomic E-state index is 12.1. The molecular weight excluding hydrogens is 284 g/mol. The summed E-state index contributed by atoms with van der Waals surface area (Å²) in [7, 11) is 0. The Bertz CT molecular complexity index is 439. The zero-order chi connectivity index (χ0) is 15.1. The summed E-state index contributed by atoms with van der Waals surface area (Å²) < 4.78 is 1.99. The van der Waals surface area contributed by atoms with Crippen molar-refractivity contribution >= 4 is 17.7 Å². The van der Waals surface area contributed by atoms with Gasteiger partial charge in [-0.25, -0.2) is 0 Å². The molecule has 0 radical (unpaired) electrons. The van der Waals surface area contributed by atoms with Crippen molar-refractivity contribution in [1.82, 2.24) is 20.1 Å². The predicted molar refractivity (Wildman–Crippen MR) is 85.4 cm³/mol. The second-order valence-electron chi connectivity index (χ2n) is 6.01. The summed E-state index contributed by atoms with van der Waals surface area (Å²) >= 11 is 1.47. The fourth-order valence-corrected chi connectivity index (χ4v) is 3.54. The van der Waals surface area contributed by atoms with Gasteiger partial charge in [-0.05, 0) is 26.7 Å². The molecule has 0 spiro atoms. The van der Waals surface area contributed by atoms with E-state index < -0.39 is 0 Å². The van der Waals surface area contributed by atoms with Crippen LogP contribution in [-0.4, -0.2) is 32.5 Å². The van der Waals surface area contributed by atoms with E-state index in [0.717, 1.165) is 18.0 Å². The molecule has 1 aliphatic rings. The third-order valence-electron chi connectivity index (χ3n) is 3.90. The van der Waals surface area contributed by atoms with Crippen LogP contribution in [0, 0.1) is 0 Å². The Kier molecular flexibility index (Phi) is 6.54. The standard InChI is InChI=1S/C15H26N4OS/c1-12(2)19-11-16-18-15(19)21-10-14(20)17-13-8-6-4-3-5-7-9-13/h11-13H,3-10H2,1-2H3,(H,17,20). The van der Waals surface area contributed by atoms with Crippen molar-refractivity contribution in [3.8, 4) is 0 Å². The van der Waals surface area contributed by atoms with Crippen LogP contribution in [0.5, 0.6) is 0 Å². The van der Waals surface area contributed by atoms with Gasteiger partial charge < -0.3 is 9.88 Å². The van der Waals surface area contributed by atoms with E-state index in [2.05, 4.69) is 29.4 Å². The van der Waals surface area contributed by atoms with Gasteiger partial charge in [0.1, 0.15) is 6.33 Å². The number of nitrogens with zero attached hydrogens (tertiary/aromatic N) is 3. The molecule has 1 aromatic heterocycles. The quantitative estimate of drug-likeness (QED) is 0.849. The molecule has 0 atom stereocenters. The summed E-state index contributed by atoms with van der Waals surface area (Å²) in [6.07, 6.45) is 10.4. The molecule has 0 aromatic carbocycles. The van der Waals surface area contributed by atoms with Gasteiger partial charge in [-0.2, -0.15) is 0 Å². The third kappa shape index (κ3) is 5.34. The van der Waals surface area contributed by atoms with Crippen molar-refractivity contribution in [2.75, 3.05) is 5.75 Å². The Morgan fingerprint density at radius 3 is 2.67 bits per heavy atom. The number of carbonyl (C=O) groups excluding carboxylic acids is 1. The average molecular weight is 310 g/mol. The molecule has 1 saturated carbocycles. The fraction of sp³-hybridized carbons (Fsp3) is 0.800. The van der Waals surface area contributed by atoms with Crippen LogP contribution < -0.4 is 5.32 Å². The van der Waals surface area contributed by atoms with Gasteiger partial charge in [0.25, 0.3) is 0 Å². The molecule has 1 N–H and O–H groups in total. The Morgan fingerprint density at radius 1 is 1.33 bits per heavy atom. The number of nitrogens with one attached hydrogen (secondary N) is 1. The van der Waals surface area contributed by atoms with Crippen LogP contribution in [0.15, 0.2) is 11.5 Å². The number of aromatic nitrogens is 3. The molecular formula is C15H26N4OS. The maximum Gasteiger partial charge on any atom is 0.230 e. The third-order valence-corrected chi connectivity index (χ3v) is 4.86. The predicted octanol–water partition coefficient (Wildman–Crippen LogP) is 3.18. The van der Waals surface area contributed by atoms with Crippen molar-refractivity contribution < 1.29 is 4.79 Å². The molecule has 1 aromatic rings. The average Bonchev–Trinajstić information content (AvgIpc) is 2.88. The highest BCUT2D eigenvalue weighted by molar-refractivity contribution is 7.99. The van der Waals surface area contributed by atoms with E-state index in [1.165, 1.54) is 43.9 Å². The van der Waals surface area contributed by atoms with Gasteiger partial charge in [-0.1, -0.05) is 43.9 Å². The lowest BCUT2D eigenvalue weighted by Crippen LogP contribution is -2.36. The highest BCUT2D eigenvalue weighted by Gasteiger charge is 2.15. The number of thioether (sulfide) groups is 1. The minimum atomic E-state index is 0.115. The van der Waals surface area contributed by atoms with E-state index in [9.17, 15) is 4.79 Å². The van der Waals surface area contributed by atoms with Crippen LogP contribution in [0.1, 0.15) is 64.8 Å². The van der Waals surface area contributed by atoms with Crippen LogP contribution in [0.2, 0.25) is 0 Å². The lowest BCUT2D eigenvalue weighted by Gasteiger charge is -2.21. The molecule has 1 amide bonds. The molecule has 118 valence electrons. The molecule has 5 nitrogen and oxygen atoms in total. The lowest BCUT2D eigenvalue weighted by molar-refractivity contribution is -0.119. The van der Waals surface area contributed by atoms with E-state index >= 15 is 0 Å². The Labute approximate surface area is 131 Å². The van der Waals surface area contributed by atoms with Crippen molar-refractivity contribution in [1.29, 1.82) is 0 Å². The van der Waals surface area contributed by atoms with Gasteiger partial charge in [-0.3, -0.25) is 4.79 Å². The second kappa shape index (κ2) is 8.41. The molecule has 0 bridgehead atoms. The summed E-state index contributed by atoms with van der Waals surface area (Å²) in [5, 5.41) is 12.0. The largest absolute Gasteiger partial charge is 0.353 e. The van der Waals surface area contributed by atoms with E-state index in [1.54, 1.807) is 6.33 Å². The molecule has 1 fully saturated rings. The second-order valence-corrected chi connectivity index (χ2v) is 6.96. The topological polar surface area (TPSA) is 59.8 Å². The van der Waals surface area contributed by atoms with Crippen molar-refractivity contribution in [2.45, 2.75) is 76.0 Å². The smallest absolute Gasteiger partial charge is 0.230 e. The summed E-state index contributed by atoms with van der Waals surface area (Å²) in [5.74, 6) is 0.533. The molecule has 0 unspecified atom stereocenters. The summed E-state index contributed by atoms with van der Waals surface area (Å²) in [4.78, 5) is 12.1. The Balaban J connectivity index is 1.77. The van der Waals surface area contributed by atoms with Crippen LogP contribution in [0.3, 0.4) is 0 Å². The maximum atomic E-state index is 12.1. The number of carbonyl (C=O) groups is 1. The van der Waals surface area contributed by atoms with Crippen LogP contribution in [0.25, 0.3) is 0 Å². The zero-order valence-electron chi connectivity index (χ0n) is 13.0. The first-order chi connectivity index (χ1) is 10.2. The van der Waals surface area contributed by atoms with E-state index in [-0.39, 0.29) is 5.91 Å². The zero-order valence-corrected chi connectivity index (χ0v) is 13.9. The first-order valence-electron chi connectivity index (χ1n) is 7.98. The lowest BCUT2D eigenvalue weighted by atomic mass is 9.97. The van der Waals surface area contributed by atoms with Gasteiger partial charge >= 0.3 is 0 Å². The van der Waals surface area contributed by atoms with Crippen LogP contribution >= 0.6 is 11.8 Å². The van der Waals surface area contributed by atoms with Crippen molar-refractivity contribution in [3.63, 3.8) is 0 Å². The molecule has 1 heterocycles.